The Morgan fingerprint density at radius 2 is 1.94 bits per heavy atom. The summed E-state index contributed by atoms with van der Waals surface area (Å²) in [6.45, 7) is 10.5. The number of carbonyl (C=O) groups is 2. The van der Waals surface area contributed by atoms with E-state index in [0.717, 1.165) is 44.4 Å². The van der Waals surface area contributed by atoms with Gasteiger partial charge in [-0.05, 0) is 62.4 Å². The monoisotopic (exact) mass is 499 g/mol. The van der Waals surface area contributed by atoms with E-state index in [0.29, 0.717) is 29.2 Å². The maximum Gasteiger partial charge on any atom is 0.336 e. The maximum atomic E-state index is 13.4. The second-order valence-electron chi connectivity index (χ2n) is 9.85. The summed E-state index contributed by atoms with van der Waals surface area (Å²) < 4.78 is 11.2. The predicted molar refractivity (Wildman–Crippen MR) is 135 cm³/mol. The lowest BCUT2D eigenvalue weighted by atomic mass is 9.70. The molecular formula is C27H30ClNO4S. The highest BCUT2D eigenvalue weighted by atomic mass is 35.5. The summed E-state index contributed by atoms with van der Waals surface area (Å²) >= 11 is 7.66. The van der Waals surface area contributed by atoms with E-state index in [4.69, 9.17) is 21.1 Å². The summed E-state index contributed by atoms with van der Waals surface area (Å²) in [4.78, 5) is 28.2. The van der Waals surface area contributed by atoms with Crippen LogP contribution in [0.4, 0.5) is 0 Å². The summed E-state index contributed by atoms with van der Waals surface area (Å²) in [6, 6.07) is 7.62. The van der Waals surface area contributed by atoms with Crippen molar-refractivity contribution in [3.8, 4) is 5.75 Å². The number of esters is 1. The zero-order valence-corrected chi connectivity index (χ0v) is 22.0. The first-order chi connectivity index (χ1) is 16.0. The standard InChI is InChI=1S/C27H30ClNO4S/c1-14-9-18(28)7-8-21(14)33-13-17-10-22(34-16(17)3)25-23(26(31)32-6)15(2)29-19-11-27(4,5)12-20(30)24(19)25/h7-10,25,29H,11-13H2,1-6H3/t25-/m1/s1. The molecule has 2 aromatic rings. The fraction of sp³-hybridized carbons (Fsp3) is 0.407. The molecule has 34 heavy (non-hydrogen) atoms. The number of dihydropyridines is 1. The van der Waals surface area contributed by atoms with Crippen LogP contribution in [0.25, 0.3) is 0 Å². The highest BCUT2D eigenvalue weighted by Crippen LogP contribution is 2.48. The first-order valence-corrected chi connectivity index (χ1v) is 12.5. The highest BCUT2D eigenvalue weighted by molar-refractivity contribution is 7.12. The molecule has 0 radical (unpaired) electrons. The van der Waals surface area contributed by atoms with Crippen molar-refractivity contribution >= 4 is 34.7 Å². The van der Waals surface area contributed by atoms with Gasteiger partial charge < -0.3 is 14.8 Å². The number of halogens is 1. The average Bonchev–Trinajstić information content (AvgIpc) is 3.11. The minimum Gasteiger partial charge on any atom is -0.489 e. The number of rotatable bonds is 5. The first kappa shape index (κ1) is 24.6. The van der Waals surface area contributed by atoms with Gasteiger partial charge in [-0.3, -0.25) is 4.79 Å². The molecule has 0 saturated heterocycles. The number of carbonyl (C=O) groups excluding carboxylic acids is 2. The van der Waals surface area contributed by atoms with Gasteiger partial charge in [-0.2, -0.15) is 0 Å². The number of Topliss-reactive ketones (excluding diaryl/α,β-unsaturated/α-hetero) is 1. The highest BCUT2D eigenvalue weighted by Gasteiger charge is 2.43. The minimum absolute atomic E-state index is 0.0818. The van der Waals surface area contributed by atoms with E-state index in [1.54, 1.807) is 11.3 Å². The largest absolute Gasteiger partial charge is 0.489 e. The third kappa shape index (κ3) is 4.66. The van der Waals surface area contributed by atoms with Crippen LogP contribution in [0.3, 0.4) is 0 Å². The molecule has 1 aliphatic carbocycles. The van der Waals surface area contributed by atoms with Gasteiger partial charge in [-0.15, -0.1) is 11.3 Å². The molecule has 0 unspecified atom stereocenters. The number of thiophene rings is 1. The molecule has 0 saturated carbocycles. The molecule has 1 aromatic carbocycles. The molecule has 1 aromatic heterocycles. The van der Waals surface area contributed by atoms with Crippen LogP contribution in [0, 0.1) is 19.3 Å². The summed E-state index contributed by atoms with van der Waals surface area (Å²) in [5.74, 6) is -0.000713. The molecule has 4 rings (SSSR count). The number of benzene rings is 1. The number of ether oxygens (including phenoxy) is 2. The smallest absolute Gasteiger partial charge is 0.336 e. The fourth-order valence-corrected chi connectivity index (χ4v) is 6.25. The normalized spacial score (nSPS) is 19.6. The Bertz CT molecular complexity index is 1240. The van der Waals surface area contributed by atoms with Gasteiger partial charge in [0.15, 0.2) is 5.78 Å². The maximum absolute atomic E-state index is 13.4. The van der Waals surface area contributed by atoms with Crippen molar-refractivity contribution in [1.29, 1.82) is 0 Å². The molecule has 180 valence electrons. The first-order valence-electron chi connectivity index (χ1n) is 11.3. The van der Waals surface area contributed by atoms with E-state index in [1.807, 2.05) is 39.0 Å². The second kappa shape index (κ2) is 9.23. The van der Waals surface area contributed by atoms with Gasteiger partial charge >= 0.3 is 5.97 Å². The molecule has 0 amide bonds. The van der Waals surface area contributed by atoms with Gasteiger partial charge in [-0.25, -0.2) is 4.79 Å². The van der Waals surface area contributed by atoms with Crippen molar-refractivity contribution in [3.05, 3.63) is 72.7 Å². The van der Waals surface area contributed by atoms with E-state index in [9.17, 15) is 9.59 Å². The Balaban J connectivity index is 1.72. The second-order valence-corrected chi connectivity index (χ2v) is 11.6. The van der Waals surface area contributed by atoms with Crippen molar-refractivity contribution in [2.24, 2.45) is 5.41 Å². The van der Waals surface area contributed by atoms with Crippen molar-refractivity contribution in [3.63, 3.8) is 0 Å². The van der Waals surface area contributed by atoms with Gasteiger partial charge in [-0.1, -0.05) is 25.4 Å². The molecule has 1 aliphatic heterocycles. The number of hydrogen-bond donors (Lipinski definition) is 1. The number of methoxy groups -OCH3 is 1. The van der Waals surface area contributed by atoms with Crippen LogP contribution in [-0.4, -0.2) is 18.9 Å². The van der Waals surface area contributed by atoms with Crippen LogP contribution in [0.5, 0.6) is 5.75 Å². The molecule has 5 nitrogen and oxygen atoms in total. The number of allylic oxidation sites excluding steroid dienone is 3. The Kier molecular flexibility index (Phi) is 6.67. The lowest BCUT2D eigenvalue weighted by Crippen LogP contribution is -2.38. The van der Waals surface area contributed by atoms with Crippen molar-refractivity contribution in [1.82, 2.24) is 5.32 Å². The summed E-state index contributed by atoms with van der Waals surface area (Å²) in [6.07, 6.45) is 1.21. The molecule has 2 heterocycles. The van der Waals surface area contributed by atoms with Crippen LogP contribution in [0.15, 0.2) is 46.8 Å². The van der Waals surface area contributed by atoms with E-state index in [2.05, 4.69) is 25.2 Å². The molecule has 1 atom stereocenters. The Labute approximate surface area is 209 Å². The summed E-state index contributed by atoms with van der Waals surface area (Å²) in [7, 11) is 1.38. The van der Waals surface area contributed by atoms with E-state index >= 15 is 0 Å². The number of nitrogens with one attached hydrogen (secondary N) is 1. The molecular weight excluding hydrogens is 470 g/mol. The lowest BCUT2D eigenvalue weighted by Gasteiger charge is -2.39. The van der Waals surface area contributed by atoms with Crippen molar-refractivity contribution in [2.45, 2.75) is 60.0 Å². The van der Waals surface area contributed by atoms with Crippen LogP contribution in [0.1, 0.15) is 60.4 Å². The molecule has 0 spiro atoms. The lowest BCUT2D eigenvalue weighted by molar-refractivity contribution is -0.136. The number of hydrogen-bond acceptors (Lipinski definition) is 6. The Morgan fingerprint density at radius 3 is 2.62 bits per heavy atom. The van der Waals surface area contributed by atoms with E-state index in [-0.39, 0.29) is 11.2 Å². The molecule has 7 heteroatoms. The topological polar surface area (TPSA) is 64.6 Å². The van der Waals surface area contributed by atoms with E-state index in [1.165, 1.54) is 7.11 Å². The van der Waals surface area contributed by atoms with Crippen LogP contribution < -0.4 is 10.1 Å². The van der Waals surface area contributed by atoms with Gasteiger partial charge in [0.25, 0.3) is 0 Å². The number of aryl methyl sites for hydroxylation is 2. The molecule has 0 fully saturated rings. The van der Waals surface area contributed by atoms with Crippen LogP contribution >= 0.6 is 22.9 Å². The predicted octanol–water partition coefficient (Wildman–Crippen LogP) is 6.37. The zero-order chi connectivity index (χ0) is 24.8. The summed E-state index contributed by atoms with van der Waals surface area (Å²) in [5, 5.41) is 4.03. The SMILES string of the molecule is COC(=O)C1=C(C)NC2=C(C(=O)CC(C)(C)C2)[C@@H]1c1cc(COc2ccc(Cl)cc2C)c(C)s1. The third-order valence-corrected chi connectivity index (χ3v) is 7.88. The van der Waals surface area contributed by atoms with Crippen LogP contribution in [0.2, 0.25) is 5.02 Å². The zero-order valence-electron chi connectivity index (χ0n) is 20.4. The third-order valence-electron chi connectivity index (χ3n) is 6.49. The minimum atomic E-state index is -0.443. The summed E-state index contributed by atoms with van der Waals surface area (Å²) in [5.41, 5.74) is 4.70. The quantitative estimate of drug-likeness (QED) is 0.484. The average molecular weight is 500 g/mol. The Morgan fingerprint density at radius 1 is 1.21 bits per heavy atom. The van der Waals surface area contributed by atoms with Crippen LogP contribution in [-0.2, 0) is 20.9 Å². The molecule has 0 bridgehead atoms. The fourth-order valence-electron chi connectivity index (χ4n) is 4.86. The van der Waals surface area contributed by atoms with Gasteiger partial charge in [0.2, 0.25) is 0 Å². The van der Waals surface area contributed by atoms with Crippen molar-refractivity contribution in [2.75, 3.05) is 7.11 Å². The van der Waals surface area contributed by atoms with Gasteiger partial charge in [0.05, 0.1) is 18.6 Å². The van der Waals surface area contributed by atoms with Crippen molar-refractivity contribution < 1.29 is 19.1 Å². The molecule has 1 N–H and O–H groups in total. The van der Waals surface area contributed by atoms with Gasteiger partial charge in [0, 0.05) is 43.7 Å². The number of ketones is 1. The van der Waals surface area contributed by atoms with E-state index < -0.39 is 11.9 Å². The van der Waals surface area contributed by atoms with Gasteiger partial charge in [0.1, 0.15) is 12.4 Å². The Hall–Kier alpha value is -2.57. The molecule has 2 aliphatic rings.